The fourth-order valence-electron chi connectivity index (χ4n) is 2.77. The quantitative estimate of drug-likeness (QED) is 0.524. The van der Waals surface area contributed by atoms with E-state index in [1.54, 1.807) is 48.7 Å². The summed E-state index contributed by atoms with van der Waals surface area (Å²) in [5, 5.41) is 8.21. The number of halogens is 1. The number of urea groups is 1. The molecule has 3 rings (SSSR count). The number of amides is 3. The maximum atomic E-state index is 13.4. The van der Waals surface area contributed by atoms with E-state index in [9.17, 15) is 14.0 Å². The molecule has 0 radical (unpaired) electrons. The molecule has 1 aromatic heterocycles. The molecular formula is C23H23FN4O3. The molecule has 0 saturated carbocycles. The number of anilines is 1. The predicted molar refractivity (Wildman–Crippen MR) is 116 cm³/mol. The number of benzene rings is 2. The van der Waals surface area contributed by atoms with Crippen LogP contribution in [0.4, 0.5) is 14.9 Å². The summed E-state index contributed by atoms with van der Waals surface area (Å²) in [5.74, 6) is -0.233. The lowest BCUT2D eigenvalue weighted by Crippen LogP contribution is -2.35. The van der Waals surface area contributed by atoms with E-state index in [1.165, 1.54) is 18.2 Å². The van der Waals surface area contributed by atoms with Crippen LogP contribution in [0.15, 0.2) is 66.9 Å². The maximum absolute atomic E-state index is 13.4. The maximum Gasteiger partial charge on any atom is 0.319 e. The van der Waals surface area contributed by atoms with Crippen molar-refractivity contribution in [2.24, 2.45) is 0 Å². The third-order valence-corrected chi connectivity index (χ3v) is 4.14. The molecule has 0 atom stereocenters. The average Bonchev–Trinajstić information content (AvgIpc) is 2.73. The Morgan fingerprint density at radius 2 is 1.87 bits per heavy atom. The minimum atomic E-state index is -0.422. The topological polar surface area (TPSA) is 92.4 Å². The van der Waals surface area contributed by atoms with Gasteiger partial charge in [0.05, 0.1) is 11.3 Å². The summed E-state index contributed by atoms with van der Waals surface area (Å²) in [7, 11) is 0. The zero-order valence-electron chi connectivity index (χ0n) is 17.2. The van der Waals surface area contributed by atoms with E-state index in [-0.39, 0.29) is 24.4 Å². The number of carbonyl (C=O) groups excluding carboxylic acids is 2. The van der Waals surface area contributed by atoms with Gasteiger partial charge in [-0.2, -0.15) is 0 Å². The van der Waals surface area contributed by atoms with E-state index in [0.29, 0.717) is 22.6 Å². The molecule has 0 aliphatic heterocycles. The molecule has 0 unspecified atom stereocenters. The Hall–Kier alpha value is -3.94. The molecule has 2 aromatic carbocycles. The van der Waals surface area contributed by atoms with Crippen LogP contribution >= 0.6 is 0 Å². The van der Waals surface area contributed by atoms with Crippen LogP contribution in [0.5, 0.6) is 11.6 Å². The van der Waals surface area contributed by atoms with Crippen LogP contribution in [0, 0.1) is 5.82 Å². The highest BCUT2D eigenvalue weighted by Gasteiger charge is 2.15. The van der Waals surface area contributed by atoms with Gasteiger partial charge in [0, 0.05) is 30.4 Å². The molecule has 160 valence electrons. The van der Waals surface area contributed by atoms with Crippen LogP contribution in [-0.2, 0) is 6.54 Å². The first kappa shape index (κ1) is 21.8. The first-order valence-electron chi connectivity index (χ1n) is 9.74. The number of nitrogens with zero attached hydrogens (tertiary/aromatic N) is 1. The zero-order chi connectivity index (χ0) is 22.2. The van der Waals surface area contributed by atoms with Crippen molar-refractivity contribution in [3.05, 3.63) is 83.8 Å². The minimum Gasteiger partial charge on any atom is -0.439 e. The van der Waals surface area contributed by atoms with Crippen LogP contribution in [0.2, 0.25) is 0 Å². The number of hydrogen-bond acceptors (Lipinski definition) is 4. The Labute approximate surface area is 179 Å². The highest BCUT2D eigenvalue weighted by molar-refractivity contribution is 6.03. The van der Waals surface area contributed by atoms with Gasteiger partial charge in [0.2, 0.25) is 5.88 Å². The van der Waals surface area contributed by atoms with Crippen molar-refractivity contribution in [2.75, 3.05) is 5.32 Å². The van der Waals surface area contributed by atoms with Crippen molar-refractivity contribution in [3.63, 3.8) is 0 Å². The Bertz CT molecular complexity index is 1070. The van der Waals surface area contributed by atoms with Crippen LogP contribution in [0.3, 0.4) is 0 Å². The van der Waals surface area contributed by atoms with E-state index in [4.69, 9.17) is 4.74 Å². The third kappa shape index (κ3) is 6.27. The Kier molecular flexibility index (Phi) is 7.16. The molecular weight excluding hydrogens is 399 g/mol. The lowest BCUT2D eigenvalue weighted by molar-refractivity contribution is 0.0951. The van der Waals surface area contributed by atoms with Crippen LogP contribution in [0.25, 0.3) is 0 Å². The molecule has 3 aromatic rings. The standard InChI is InChI=1S/C23H23FN4O3/c1-15(2)27-23(30)28-20-11-4-3-10-19(20)21(29)26-14-16-7-6-12-25-22(16)31-18-9-5-8-17(24)13-18/h3-13,15H,14H2,1-2H3,(H,26,29)(H2,27,28,30). The Morgan fingerprint density at radius 3 is 2.65 bits per heavy atom. The second-order valence-corrected chi connectivity index (χ2v) is 7.01. The number of rotatable bonds is 7. The summed E-state index contributed by atoms with van der Waals surface area (Å²) < 4.78 is 19.1. The molecule has 1 heterocycles. The number of carbonyl (C=O) groups is 2. The molecule has 0 bridgehead atoms. The molecule has 3 N–H and O–H groups in total. The van der Waals surface area contributed by atoms with Crippen molar-refractivity contribution in [2.45, 2.75) is 26.4 Å². The molecule has 3 amide bonds. The third-order valence-electron chi connectivity index (χ3n) is 4.14. The molecule has 0 saturated heterocycles. The van der Waals surface area contributed by atoms with Gasteiger partial charge >= 0.3 is 6.03 Å². The molecule has 0 fully saturated rings. The van der Waals surface area contributed by atoms with Gasteiger partial charge in [-0.3, -0.25) is 4.79 Å². The number of nitrogens with one attached hydrogen (secondary N) is 3. The fourth-order valence-corrected chi connectivity index (χ4v) is 2.77. The van der Waals surface area contributed by atoms with E-state index in [2.05, 4.69) is 20.9 Å². The molecule has 31 heavy (non-hydrogen) atoms. The van der Waals surface area contributed by atoms with Crippen LogP contribution < -0.4 is 20.7 Å². The summed E-state index contributed by atoms with van der Waals surface area (Å²) in [4.78, 5) is 29.0. The minimum absolute atomic E-state index is 0.0388. The van der Waals surface area contributed by atoms with Gasteiger partial charge in [0.15, 0.2) is 0 Å². The van der Waals surface area contributed by atoms with Gasteiger partial charge in [0.1, 0.15) is 11.6 Å². The first-order valence-corrected chi connectivity index (χ1v) is 9.74. The van der Waals surface area contributed by atoms with E-state index in [0.717, 1.165) is 0 Å². The number of para-hydroxylation sites is 1. The lowest BCUT2D eigenvalue weighted by Gasteiger charge is -2.14. The van der Waals surface area contributed by atoms with Gasteiger partial charge in [-0.1, -0.05) is 24.3 Å². The Balaban J connectivity index is 1.70. The van der Waals surface area contributed by atoms with Crippen LogP contribution in [0.1, 0.15) is 29.8 Å². The monoisotopic (exact) mass is 422 g/mol. The van der Waals surface area contributed by atoms with E-state index < -0.39 is 11.8 Å². The SMILES string of the molecule is CC(C)NC(=O)Nc1ccccc1C(=O)NCc1cccnc1Oc1cccc(F)c1. The fraction of sp³-hybridized carbons (Fsp3) is 0.174. The van der Waals surface area contributed by atoms with Gasteiger partial charge in [-0.15, -0.1) is 0 Å². The molecule has 7 nitrogen and oxygen atoms in total. The van der Waals surface area contributed by atoms with Crippen molar-refractivity contribution in [1.82, 2.24) is 15.6 Å². The number of pyridine rings is 1. The van der Waals surface area contributed by atoms with Gasteiger partial charge in [-0.25, -0.2) is 14.2 Å². The smallest absolute Gasteiger partial charge is 0.319 e. The zero-order valence-corrected chi connectivity index (χ0v) is 17.2. The van der Waals surface area contributed by atoms with Gasteiger partial charge < -0.3 is 20.7 Å². The molecule has 0 aliphatic rings. The molecule has 0 spiro atoms. The summed E-state index contributed by atoms with van der Waals surface area (Å²) in [6.45, 7) is 3.81. The lowest BCUT2D eigenvalue weighted by atomic mass is 10.1. The summed E-state index contributed by atoms with van der Waals surface area (Å²) in [5.41, 5.74) is 1.32. The van der Waals surface area contributed by atoms with Crippen molar-refractivity contribution in [3.8, 4) is 11.6 Å². The second-order valence-electron chi connectivity index (χ2n) is 7.01. The van der Waals surface area contributed by atoms with Crippen molar-refractivity contribution in [1.29, 1.82) is 0 Å². The number of aromatic nitrogens is 1. The van der Waals surface area contributed by atoms with Gasteiger partial charge in [0.25, 0.3) is 5.91 Å². The van der Waals surface area contributed by atoms with E-state index >= 15 is 0 Å². The number of ether oxygens (including phenoxy) is 1. The molecule has 0 aliphatic carbocycles. The molecule has 8 heteroatoms. The largest absolute Gasteiger partial charge is 0.439 e. The summed E-state index contributed by atoms with van der Waals surface area (Å²) in [6.07, 6.45) is 1.55. The highest BCUT2D eigenvalue weighted by Crippen LogP contribution is 2.23. The average molecular weight is 422 g/mol. The van der Waals surface area contributed by atoms with Crippen molar-refractivity contribution < 1.29 is 18.7 Å². The van der Waals surface area contributed by atoms with E-state index in [1.807, 2.05) is 13.8 Å². The first-order chi connectivity index (χ1) is 14.9. The number of hydrogen-bond donors (Lipinski definition) is 3. The van der Waals surface area contributed by atoms with Gasteiger partial charge in [-0.05, 0) is 44.2 Å². The summed E-state index contributed by atoms with van der Waals surface area (Å²) in [6, 6.07) is 15.5. The normalized spacial score (nSPS) is 10.5. The van der Waals surface area contributed by atoms with Crippen LogP contribution in [-0.4, -0.2) is 23.0 Å². The van der Waals surface area contributed by atoms with Crippen molar-refractivity contribution >= 4 is 17.6 Å². The predicted octanol–water partition coefficient (Wildman–Crippen LogP) is 4.47. The highest BCUT2D eigenvalue weighted by atomic mass is 19.1. The Morgan fingerprint density at radius 1 is 1.06 bits per heavy atom. The second kappa shape index (κ2) is 10.2. The summed E-state index contributed by atoms with van der Waals surface area (Å²) >= 11 is 0.